The lowest BCUT2D eigenvalue weighted by atomic mass is 10.1. The molecular formula is C20H20N2O5S. The predicted molar refractivity (Wildman–Crippen MR) is 105 cm³/mol. The number of imide groups is 1. The molecular weight excluding hydrogens is 380 g/mol. The molecule has 0 aliphatic carbocycles. The lowest BCUT2D eigenvalue weighted by Crippen LogP contribution is -2.41. The third-order valence-electron chi connectivity index (χ3n) is 4.16. The van der Waals surface area contributed by atoms with Crippen LogP contribution in [-0.2, 0) is 16.0 Å². The zero-order valence-corrected chi connectivity index (χ0v) is 15.9. The highest BCUT2D eigenvalue weighted by molar-refractivity contribution is 8.18. The Kier molecular flexibility index (Phi) is 6.67. The van der Waals surface area contributed by atoms with E-state index < -0.39 is 17.2 Å². The fourth-order valence-corrected chi connectivity index (χ4v) is 3.61. The molecule has 1 aliphatic rings. The maximum absolute atomic E-state index is 12.4. The second-order valence-electron chi connectivity index (χ2n) is 6.24. The van der Waals surface area contributed by atoms with E-state index in [-0.39, 0.29) is 30.4 Å². The fourth-order valence-electron chi connectivity index (χ4n) is 2.77. The van der Waals surface area contributed by atoms with Crippen molar-refractivity contribution in [3.05, 3.63) is 65.0 Å². The Labute approximate surface area is 166 Å². The van der Waals surface area contributed by atoms with Crippen molar-refractivity contribution in [2.75, 3.05) is 13.2 Å². The summed E-state index contributed by atoms with van der Waals surface area (Å²) in [6.07, 6.45) is 3.45. The zero-order valence-electron chi connectivity index (χ0n) is 15.0. The summed E-state index contributed by atoms with van der Waals surface area (Å²) >= 11 is 0.819. The third-order valence-corrected chi connectivity index (χ3v) is 5.07. The van der Waals surface area contributed by atoms with Gasteiger partial charge in [0.15, 0.2) is 0 Å². The second kappa shape index (κ2) is 9.38. The van der Waals surface area contributed by atoms with Crippen LogP contribution in [0.2, 0.25) is 0 Å². The maximum Gasteiger partial charge on any atom is 0.293 e. The Morgan fingerprint density at radius 1 is 1.21 bits per heavy atom. The van der Waals surface area contributed by atoms with Crippen molar-refractivity contribution < 1.29 is 23.9 Å². The van der Waals surface area contributed by atoms with Crippen LogP contribution in [0.4, 0.5) is 4.79 Å². The van der Waals surface area contributed by atoms with Crippen molar-refractivity contribution in [1.29, 1.82) is 0 Å². The van der Waals surface area contributed by atoms with Crippen LogP contribution in [0.3, 0.4) is 0 Å². The molecule has 2 aromatic rings. The van der Waals surface area contributed by atoms with Gasteiger partial charge in [-0.15, -0.1) is 0 Å². The molecule has 0 radical (unpaired) electrons. The van der Waals surface area contributed by atoms with Crippen molar-refractivity contribution in [3.63, 3.8) is 0 Å². The number of amides is 3. The smallest absolute Gasteiger partial charge is 0.293 e. The molecule has 0 bridgehead atoms. The van der Waals surface area contributed by atoms with Crippen molar-refractivity contribution in [2.45, 2.75) is 18.9 Å². The zero-order chi connectivity index (χ0) is 19.9. The van der Waals surface area contributed by atoms with Crippen LogP contribution >= 0.6 is 11.8 Å². The van der Waals surface area contributed by atoms with Crippen LogP contribution < -0.4 is 5.32 Å². The minimum atomic E-state index is -0.442. The predicted octanol–water partition coefficient (Wildman–Crippen LogP) is 2.43. The fraction of sp³-hybridized carbons (Fsp3) is 0.250. The van der Waals surface area contributed by atoms with Gasteiger partial charge in [-0.3, -0.25) is 19.3 Å². The standard InChI is InChI=1S/C20H20N2O5S/c23-13-15(11-14-5-2-1-3-6-14)21-18(24)8-9-22-19(25)17(28-20(22)26)12-16-7-4-10-27-16/h1-7,10,12,15,23H,8-9,11,13H2,(H,21,24)/b17-12-. The summed E-state index contributed by atoms with van der Waals surface area (Å²) in [5.41, 5.74) is 0.996. The average molecular weight is 400 g/mol. The van der Waals surface area contributed by atoms with Gasteiger partial charge in [0.1, 0.15) is 5.76 Å². The number of aliphatic hydroxyl groups excluding tert-OH is 1. The summed E-state index contributed by atoms with van der Waals surface area (Å²) in [4.78, 5) is 38.0. The van der Waals surface area contributed by atoms with E-state index in [1.165, 1.54) is 12.3 Å². The second-order valence-corrected chi connectivity index (χ2v) is 7.23. The molecule has 146 valence electrons. The minimum absolute atomic E-state index is 0.0184. The van der Waals surface area contributed by atoms with Gasteiger partial charge in [0, 0.05) is 19.0 Å². The highest BCUT2D eigenvalue weighted by Gasteiger charge is 2.35. The Morgan fingerprint density at radius 2 is 2.00 bits per heavy atom. The van der Waals surface area contributed by atoms with E-state index in [4.69, 9.17) is 4.42 Å². The normalized spacial score (nSPS) is 16.6. The molecule has 0 spiro atoms. The first-order valence-electron chi connectivity index (χ1n) is 8.80. The number of carbonyl (C=O) groups excluding carboxylic acids is 3. The van der Waals surface area contributed by atoms with Crippen LogP contribution in [0.5, 0.6) is 0 Å². The number of thioether (sulfide) groups is 1. The molecule has 2 heterocycles. The largest absolute Gasteiger partial charge is 0.465 e. The molecule has 2 N–H and O–H groups in total. The van der Waals surface area contributed by atoms with Crippen molar-refractivity contribution in [2.24, 2.45) is 0 Å². The van der Waals surface area contributed by atoms with Gasteiger partial charge in [-0.2, -0.15) is 0 Å². The molecule has 1 aliphatic heterocycles. The van der Waals surface area contributed by atoms with Gasteiger partial charge < -0.3 is 14.8 Å². The average Bonchev–Trinajstić information content (AvgIpc) is 3.29. The van der Waals surface area contributed by atoms with Crippen molar-refractivity contribution in [3.8, 4) is 0 Å². The van der Waals surface area contributed by atoms with Crippen molar-refractivity contribution in [1.82, 2.24) is 10.2 Å². The van der Waals surface area contributed by atoms with Gasteiger partial charge in [-0.25, -0.2) is 0 Å². The van der Waals surface area contributed by atoms with E-state index in [2.05, 4.69) is 5.32 Å². The van der Waals surface area contributed by atoms with Crippen LogP contribution in [-0.4, -0.2) is 46.3 Å². The van der Waals surface area contributed by atoms with E-state index >= 15 is 0 Å². The molecule has 7 nitrogen and oxygen atoms in total. The van der Waals surface area contributed by atoms with Crippen LogP contribution in [0.1, 0.15) is 17.7 Å². The highest BCUT2D eigenvalue weighted by atomic mass is 32.2. The Hall–Kier alpha value is -2.84. The molecule has 1 saturated heterocycles. The minimum Gasteiger partial charge on any atom is -0.465 e. The number of nitrogens with zero attached hydrogens (tertiary/aromatic N) is 1. The molecule has 1 aromatic heterocycles. The quantitative estimate of drug-likeness (QED) is 0.660. The molecule has 1 fully saturated rings. The lowest BCUT2D eigenvalue weighted by Gasteiger charge is -2.18. The molecule has 0 saturated carbocycles. The van der Waals surface area contributed by atoms with E-state index in [0.29, 0.717) is 12.2 Å². The number of rotatable bonds is 8. The summed E-state index contributed by atoms with van der Waals surface area (Å²) in [6, 6.07) is 12.5. The number of hydrogen-bond acceptors (Lipinski definition) is 6. The maximum atomic E-state index is 12.4. The van der Waals surface area contributed by atoms with Gasteiger partial charge in [0.25, 0.3) is 11.1 Å². The SMILES string of the molecule is O=C(CCN1C(=O)S/C(=C\c2ccco2)C1=O)NC(CO)Cc1ccccc1. The first-order valence-corrected chi connectivity index (χ1v) is 9.61. The Balaban J connectivity index is 1.52. The molecule has 1 aromatic carbocycles. The summed E-state index contributed by atoms with van der Waals surface area (Å²) in [5, 5.41) is 11.8. The molecule has 1 unspecified atom stereocenters. The summed E-state index contributed by atoms with van der Waals surface area (Å²) in [6.45, 7) is -0.219. The van der Waals surface area contributed by atoms with Gasteiger partial charge in [-0.1, -0.05) is 30.3 Å². The monoisotopic (exact) mass is 400 g/mol. The Bertz CT molecular complexity index is 864. The summed E-state index contributed by atoms with van der Waals surface area (Å²) in [5.74, 6) is -0.291. The van der Waals surface area contributed by atoms with Crippen LogP contribution in [0.15, 0.2) is 58.1 Å². The number of nitrogens with one attached hydrogen (secondary N) is 1. The van der Waals surface area contributed by atoms with Crippen molar-refractivity contribution >= 4 is 34.9 Å². The topological polar surface area (TPSA) is 99.9 Å². The van der Waals surface area contributed by atoms with Gasteiger partial charge in [0.2, 0.25) is 5.91 Å². The van der Waals surface area contributed by atoms with E-state index in [1.54, 1.807) is 12.1 Å². The molecule has 8 heteroatoms. The summed E-state index contributed by atoms with van der Waals surface area (Å²) in [7, 11) is 0. The highest BCUT2D eigenvalue weighted by Crippen LogP contribution is 2.32. The number of carbonyl (C=O) groups is 3. The van der Waals surface area contributed by atoms with E-state index in [0.717, 1.165) is 22.2 Å². The molecule has 3 rings (SSSR count). The molecule has 3 amide bonds. The van der Waals surface area contributed by atoms with Crippen LogP contribution in [0.25, 0.3) is 6.08 Å². The number of furan rings is 1. The van der Waals surface area contributed by atoms with Gasteiger partial charge in [0.05, 0.1) is 23.8 Å². The van der Waals surface area contributed by atoms with E-state index in [1.807, 2.05) is 30.3 Å². The first kappa shape index (κ1) is 19.9. The first-order chi connectivity index (χ1) is 13.6. The Morgan fingerprint density at radius 3 is 2.68 bits per heavy atom. The molecule has 1 atom stereocenters. The third kappa shape index (κ3) is 5.11. The lowest BCUT2D eigenvalue weighted by molar-refractivity contribution is -0.124. The number of hydrogen-bond donors (Lipinski definition) is 2. The van der Waals surface area contributed by atoms with Gasteiger partial charge in [-0.05, 0) is 35.9 Å². The number of aliphatic hydroxyl groups is 1. The number of benzene rings is 1. The summed E-state index contributed by atoms with van der Waals surface area (Å²) < 4.78 is 5.16. The van der Waals surface area contributed by atoms with Crippen LogP contribution in [0, 0.1) is 0 Å². The van der Waals surface area contributed by atoms with E-state index in [9.17, 15) is 19.5 Å². The van der Waals surface area contributed by atoms with Gasteiger partial charge >= 0.3 is 0 Å². The molecule has 28 heavy (non-hydrogen) atoms.